The lowest BCUT2D eigenvalue weighted by atomic mass is 9.75. The number of aromatic amines is 1. The second-order valence-electron chi connectivity index (χ2n) is 8.35. The molecule has 27 heavy (non-hydrogen) atoms. The zero-order valence-electron chi connectivity index (χ0n) is 16.7. The summed E-state index contributed by atoms with van der Waals surface area (Å²) in [5.41, 5.74) is 4.50. The highest BCUT2D eigenvalue weighted by Crippen LogP contribution is 2.56. The summed E-state index contributed by atoms with van der Waals surface area (Å²) in [6.45, 7) is 8.73. The Bertz CT molecular complexity index is 939. The minimum absolute atomic E-state index is 0.00989. The lowest BCUT2D eigenvalue weighted by Gasteiger charge is -2.42. The Labute approximate surface area is 160 Å². The van der Waals surface area contributed by atoms with E-state index in [4.69, 9.17) is 9.47 Å². The van der Waals surface area contributed by atoms with E-state index in [1.165, 1.54) is 12.5 Å². The number of allylic oxidation sites excluding steroid dienone is 2. The minimum atomic E-state index is -0.243. The number of carbonyl (C=O) groups is 1. The van der Waals surface area contributed by atoms with Crippen LogP contribution in [0.4, 0.5) is 0 Å². The van der Waals surface area contributed by atoms with E-state index in [9.17, 15) is 4.79 Å². The molecular formula is C22H28N2O3. The van der Waals surface area contributed by atoms with Crippen molar-refractivity contribution in [3.8, 4) is 11.5 Å². The second kappa shape index (κ2) is 6.32. The molecule has 1 aromatic heterocycles. The lowest BCUT2D eigenvalue weighted by Crippen LogP contribution is -2.43. The van der Waals surface area contributed by atoms with Gasteiger partial charge in [0.15, 0.2) is 5.75 Å². The number of carbonyl (C=O) groups excluding carboxylic acids is 1. The maximum absolute atomic E-state index is 11.2. The Morgan fingerprint density at radius 3 is 2.93 bits per heavy atom. The first kappa shape index (κ1) is 18.0. The molecule has 0 saturated heterocycles. The highest BCUT2D eigenvalue weighted by atomic mass is 16.5. The fourth-order valence-corrected chi connectivity index (χ4v) is 4.72. The molecule has 144 valence electrons. The molecule has 2 atom stereocenters. The summed E-state index contributed by atoms with van der Waals surface area (Å²) in [5, 5.41) is 3.97. The zero-order valence-corrected chi connectivity index (χ0v) is 16.7. The van der Waals surface area contributed by atoms with Gasteiger partial charge in [-0.15, -0.1) is 0 Å². The van der Waals surface area contributed by atoms with Crippen LogP contribution in [0.2, 0.25) is 0 Å². The Hall–Kier alpha value is -2.43. The van der Waals surface area contributed by atoms with Crippen molar-refractivity contribution in [2.24, 2.45) is 5.92 Å². The molecule has 4 rings (SSSR count). The van der Waals surface area contributed by atoms with Crippen molar-refractivity contribution in [1.82, 2.24) is 10.3 Å². The van der Waals surface area contributed by atoms with Gasteiger partial charge in [-0.3, -0.25) is 4.79 Å². The molecule has 1 aromatic carbocycles. The van der Waals surface area contributed by atoms with Gasteiger partial charge in [0, 0.05) is 42.5 Å². The Morgan fingerprint density at radius 2 is 2.22 bits per heavy atom. The van der Waals surface area contributed by atoms with E-state index in [1.807, 2.05) is 6.20 Å². The normalized spacial score (nSPS) is 22.6. The average Bonchev–Trinajstić information content (AvgIpc) is 3.18. The third-order valence-corrected chi connectivity index (χ3v) is 6.04. The molecule has 0 bridgehead atoms. The van der Waals surface area contributed by atoms with Gasteiger partial charge in [-0.05, 0) is 45.2 Å². The fourth-order valence-electron chi connectivity index (χ4n) is 4.72. The summed E-state index contributed by atoms with van der Waals surface area (Å²) in [6.07, 6.45) is 6.22. The molecule has 5 nitrogen and oxygen atoms in total. The molecule has 2 heterocycles. The van der Waals surface area contributed by atoms with Crippen molar-refractivity contribution in [3.05, 3.63) is 35.0 Å². The van der Waals surface area contributed by atoms with Crippen molar-refractivity contribution < 1.29 is 14.3 Å². The van der Waals surface area contributed by atoms with E-state index in [1.54, 1.807) is 7.11 Å². The number of aromatic nitrogens is 1. The van der Waals surface area contributed by atoms with Crippen LogP contribution in [0.1, 0.15) is 51.2 Å². The van der Waals surface area contributed by atoms with Crippen molar-refractivity contribution in [1.29, 1.82) is 0 Å². The van der Waals surface area contributed by atoms with Gasteiger partial charge in [-0.2, -0.15) is 0 Å². The van der Waals surface area contributed by atoms with Crippen LogP contribution in [0.15, 0.2) is 23.9 Å². The molecule has 1 aliphatic heterocycles. The van der Waals surface area contributed by atoms with Gasteiger partial charge in [-0.25, -0.2) is 0 Å². The summed E-state index contributed by atoms with van der Waals surface area (Å²) in [6, 6.07) is 2.12. The van der Waals surface area contributed by atoms with Crippen LogP contribution in [-0.2, 0) is 11.2 Å². The minimum Gasteiger partial charge on any atom is -0.496 e. The Balaban J connectivity index is 1.84. The van der Waals surface area contributed by atoms with Gasteiger partial charge >= 0.3 is 0 Å². The van der Waals surface area contributed by atoms with Crippen LogP contribution in [0.5, 0.6) is 11.5 Å². The number of fused-ring (bicyclic) bond motifs is 5. The van der Waals surface area contributed by atoms with Crippen LogP contribution >= 0.6 is 0 Å². The SMILES string of the molecule is COc1cc2c(CCNC(C)=O)c[nH]c2c2c1C1C=C(C)CC1C(C)(C)O2. The van der Waals surface area contributed by atoms with Crippen molar-refractivity contribution in [2.45, 2.75) is 52.1 Å². The number of hydrogen-bond donors (Lipinski definition) is 2. The molecule has 2 aliphatic rings. The number of rotatable bonds is 4. The maximum atomic E-state index is 11.2. The lowest BCUT2D eigenvalue weighted by molar-refractivity contribution is -0.118. The predicted octanol–water partition coefficient (Wildman–Crippen LogP) is 4.08. The Kier molecular flexibility index (Phi) is 4.21. The molecule has 0 saturated carbocycles. The number of H-pyrrole nitrogens is 1. The molecule has 2 unspecified atom stereocenters. The smallest absolute Gasteiger partial charge is 0.216 e. The topological polar surface area (TPSA) is 63.3 Å². The quantitative estimate of drug-likeness (QED) is 0.800. The largest absolute Gasteiger partial charge is 0.496 e. The molecule has 0 radical (unpaired) electrons. The molecule has 1 aliphatic carbocycles. The van der Waals surface area contributed by atoms with E-state index in [0.29, 0.717) is 18.4 Å². The monoisotopic (exact) mass is 368 g/mol. The van der Waals surface area contributed by atoms with Gasteiger partial charge in [0.05, 0.1) is 12.6 Å². The molecule has 0 spiro atoms. The van der Waals surface area contributed by atoms with Gasteiger partial charge in [0.25, 0.3) is 0 Å². The number of methoxy groups -OCH3 is 1. The summed E-state index contributed by atoms with van der Waals surface area (Å²) in [4.78, 5) is 14.6. The number of amides is 1. The molecular weight excluding hydrogens is 340 g/mol. The third kappa shape index (κ3) is 2.89. The van der Waals surface area contributed by atoms with Crippen LogP contribution < -0.4 is 14.8 Å². The van der Waals surface area contributed by atoms with Crippen LogP contribution in [0.3, 0.4) is 0 Å². The molecule has 5 heteroatoms. The zero-order chi connectivity index (χ0) is 19.3. The summed E-state index contributed by atoms with van der Waals surface area (Å²) >= 11 is 0. The molecule has 2 aromatic rings. The van der Waals surface area contributed by atoms with Crippen LogP contribution in [0, 0.1) is 5.92 Å². The third-order valence-electron chi connectivity index (χ3n) is 6.04. The van der Waals surface area contributed by atoms with E-state index in [-0.39, 0.29) is 11.5 Å². The van der Waals surface area contributed by atoms with Crippen molar-refractivity contribution in [3.63, 3.8) is 0 Å². The van der Waals surface area contributed by atoms with Gasteiger partial charge in [0.2, 0.25) is 5.91 Å². The van der Waals surface area contributed by atoms with Gasteiger partial charge < -0.3 is 19.8 Å². The highest BCUT2D eigenvalue weighted by molar-refractivity contribution is 5.92. The van der Waals surface area contributed by atoms with E-state index >= 15 is 0 Å². The van der Waals surface area contributed by atoms with Gasteiger partial charge in [-0.1, -0.05) is 11.6 Å². The number of benzene rings is 1. The molecule has 1 amide bonds. The second-order valence-corrected chi connectivity index (χ2v) is 8.35. The van der Waals surface area contributed by atoms with Crippen LogP contribution in [0.25, 0.3) is 10.9 Å². The van der Waals surface area contributed by atoms with E-state index in [2.05, 4.69) is 43.2 Å². The van der Waals surface area contributed by atoms with Crippen molar-refractivity contribution >= 4 is 16.8 Å². The highest BCUT2D eigenvalue weighted by Gasteiger charge is 2.47. The van der Waals surface area contributed by atoms with E-state index < -0.39 is 0 Å². The number of ether oxygens (including phenoxy) is 2. The first-order valence-corrected chi connectivity index (χ1v) is 9.63. The van der Waals surface area contributed by atoms with Gasteiger partial charge in [0.1, 0.15) is 11.4 Å². The molecule has 0 fully saturated rings. The maximum Gasteiger partial charge on any atom is 0.216 e. The summed E-state index contributed by atoms with van der Waals surface area (Å²) in [7, 11) is 1.73. The first-order valence-electron chi connectivity index (χ1n) is 9.63. The fraction of sp³-hybridized carbons (Fsp3) is 0.500. The van der Waals surface area contributed by atoms with Crippen molar-refractivity contribution in [2.75, 3.05) is 13.7 Å². The summed E-state index contributed by atoms with van der Waals surface area (Å²) < 4.78 is 12.4. The Morgan fingerprint density at radius 1 is 1.44 bits per heavy atom. The predicted molar refractivity (Wildman–Crippen MR) is 107 cm³/mol. The number of hydrogen-bond acceptors (Lipinski definition) is 3. The first-order chi connectivity index (χ1) is 12.8. The van der Waals surface area contributed by atoms with E-state index in [0.717, 1.165) is 46.4 Å². The van der Waals surface area contributed by atoms with Crippen LogP contribution in [-0.4, -0.2) is 30.1 Å². The molecule has 2 N–H and O–H groups in total. The summed E-state index contributed by atoms with van der Waals surface area (Å²) in [5.74, 6) is 2.52. The number of nitrogens with one attached hydrogen (secondary N) is 2. The average molecular weight is 368 g/mol. The standard InChI is InChI=1S/C22H28N2O3/c1-12-8-16-17(9-12)22(3,4)27-21-19(16)18(26-5)10-15-14(11-24-20(15)21)6-7-23-13(2)25/h8,10-11,16-17,24H,6-7,9H2,1-5H3,(H,23,25).